The Morgan fingerprint density at radius 3 is 2.17 bits per heavy atom. The summed E-state index contributed by atoms with van der Waals surface area (Å²) < 4.78 is 15.6. The summed E-state index contributed by atoms with van der Waals surface area (Å²) in [6, 6.07) is 0. The molecule has 0 spiro atoms. The summed E-state index contributed by atoms with van der Waals surface area (Å²) in [6.07, 6.45) is 3.12. The SMILES string of the molecule is CCC(O)(CN)CCCOCCCOCCOC. The number of nitrogens with two attached hydrogens (primary N) is 1. The second-order valence-corrected chi connectivity index (χ2v) is 4.46. The van der Waals surface area contributed by atoms with E-state index in [2.05, 4.69) is 0 Å². The van der Waals surface area contributed by atoms with Crippen LogP contribution < -0.4 is 5.73 Å². The van der Waals surface area contributed by atoms with Crippen molar-refractivity contribution in [3.05, 3.63) is 0 Å². The minimum Gasteiger partial charge on any atom is -0.389 e. The van der Waals surface area contributed by atoms with Crippen molar-refractivity contribution < 1.29 is 19.3 Å². The molecule has 0 heterocycles. The van der Waals surface area contributed by atoms with Gasteiger partial charge in [-0.15, -0.1) is 0 Å². The summed E-state index contributed by atoms with van der Waals surface area (Å²) in [4.78, 5) is 0. The van der Waals surface area contributed by atoms with Gasteiger partial charge in [-0.3, -0.25) is 0 Å². The number of hydrogen-bond acceptors (Lipinski definition) is 5. The zero-order chi connectivity index (χ0) is 13.7. The van der Waals surface area contributed by atoms with Crippen molar-refractivity contribution >= 4 is 0 Å². The van der Waals surface area contributed by atoms with Gasteiger partial charge in [0.15, 0.2) is 0 Å². The predicted molar refractivity (Wildman–Crippen MR) is 71.7 cm³/mol. The molecular weight excluding hydrogens is 234 g/mol. The first kappa shape index (κ1) is 17.8. The Balaban J connectivity index is 3.21. The predicted octanol–water partition coefficient (Wildman–Crippen LogP) is 0.936. The van der Waals surface area contributed by atoms with Crippen LogP contribution in [0.25, 0.3) is 0 Å². The van der Waals surface area contributed by atoms with Gasteiger partial charge in [0.25, 0.3) is 0 Å². The summed E-state index contributed by atoms with van der Waals surface area (Å²) in [6.45, 7) is 5.60. The van der Waals surface area contributed by atoms with Crippen LogP contribution in [0.5, 0.6) is 0 Å². The molecule has 1 atom stereocenters. The fourth-order valence-electron chi connectivity index (χ4n) is 1.54. The van der Waals surface area contributed by atoms with E-state index in [4.69, 9.17) is 19.9 Å². The highest BCUT2D eigenvalue weighted by atomic mass is 16.5. The third kappa shape index (κ3) is 9.79. The lowest BCUT2D eigenvalue weighted by Gasteiger charge is -2.24. The molecular formula is C13H29NO4. The van der Waals surface area contributed by atoms with Gasteiger partial charge in [-0.25, -0.2) is 0 Å². The second kappa shape index (κ2) is 11.9. The van der Waals surface area contributed by atoms with Crippen LogP contribution in [0.1, 0.15) is 32.6 Å². The Kier molecular flexibility index (Phi) is 11.7. The zero-order valence-electron chi connectivity index (χ0n) is 11.8. The molecule has 18 heavy (non-hydrogen) atoms. The molecule has 0 rings (SSSR count). The Hall–Kier alpha value is -0.200. The molecule has 110 valence electrons. The molecule has 0 radical (unpaired) electrons. The van der Waals surface area contributed by atoms with Gasteiger partial charge in [-0.05, 0) is 25.7 Å². The van der Waals surface area contributed by atoms with Crippen LogP contribution in [0.3, 0.4) is 0 Å². The highest BCUT2D eigenvalue weighted by Crippen LogP contribution is 2.15. The van der Waals surface area contributed by atoms with Crippen LogP contribution >= 0.6 is 0 Å². The lowest BCUT2D eigenvalue weighted by molar-refractivity contribution is 0.0195. The molecule has 0 amide bonds. The monoisotopic (exact) mass is 263 g/mol. The maximum Gasteiger partial charge on any atom is 0.0767 e. The van der Waals surface area contributed by atoms with E-state index in [1.54, 1.807) is 7.11 Å². The smallest absolute Gasteiger partial charge is 0.0767 e. The van der Waals surface area contributed by atoms with Crippen molar-refractivity contribution in [3.63, 3.8) is 0 Å². The van der Waals surface area contributed by atoms with Gasteiger partial charge < -0.3 is 25.1 Å². The van der Waals surface area contributed by atoms with E-state index in [0.717, 1.165) is 12.8 Å². The quantitative estimate of drug-likeness (QED) is 0.484. The highest BCUT2D eigenvalue weighted by molar-refractivity contribution is 4.77. The fourth-order valence-corrected chi connectivity index (χ4v) is 1.54. The van der Waals surface area contributed by atoms with Gasteiger partial charge in [-0.2, -0.15) is 0 Å². The number of methoxy groups -OCH3 is 1. The molecule has 5 heteroatoms. The third-order valence-corrected chi connectivity index (χ3v) is 2.98. The standard InChI is InChI=1S/C13H29NO4/c1-3-13(15,12-14)6-4-7-17-8-5-9-18-11-10-16-2/h15H,3-12,14H2,1-2H3. The summed E-state index contributed by atoms with van der Waals surface area (Å²) in [5, 5.41) is 9.94. The van der Waals surface area contributed by atoms with Crippen LogP contribution in [0, 0.1) is 0 Å². The van der Waals surface area contributed by atoms with Crippen molar-refractivity contribution in [2.24, 2.45) is 5.73 Å². The molecule has 0 bridgehead atoms. The topological polar surface area (TPSA) is 73.9 Å². The van der Waals surface area contributed by atoms with Crippen LogP contribution in [0.15, 0.2) is 0 Å². The van der Waals surface area contributed by atoms with Gasteiger partial charge >= 0.3 is 0 Å². The normalized spacial score (nSPS) is 14.7. The number of hydrogen-bond donors (Lipinski definition) is 2. The first-order valence-corrected chi connectivity index (χ1v) is 6.75. The lowest BCUT2D eigenvalue weighted by atomic mass is 9.95. The molecule has 0 saturated heterocycles. The van der Waals surface area contributed by atoms with Crippen molar-refractivity contribution in [1.29, 1.82) is 0 Å². The molecule has 0 aromatic heterocycles. The minimum absolute atomic E-state index is 0.316. The average molecular weight is 263 g/mol. The maximum atomic E-state index is 9.94. The first-order chi connectivity index (χ1) is 8.68. The Bertz CT molecular complexity index is 174. The van der Waals surface area contributed by atoms with E-state index in [1.165, 1.54) is 0 Å². The average Bonchev–Trinajstić information content (AvgIpc) is 2.40. The molecule has 3 N–H and O–H groups in total. The molecule has 0 aromatic rings. The van der Waals surface area contributed by atoms with Gasteiger partial charge in [-0.1, -0.05) is 6.92 Å². The molecule has 5 nitrogen and oxygen atoms in total. The van der Waals surface area contributed by atoms with E-state index in [0.29, 0.717) is 52.4 Å². The summed E-state index contributed by atoms with van der Waals surface area (Å²) >= 11 is 0. The summed E-state index contributed by atoms with van der Waals surface area (Å²) in [7, 11) is 1.66. The Morgan fingerprint density at radius 1 is 1.00 bits per heavy atom. The van der Waals surface area contributed by atoms with Crippen LogP contribution in [0.2, 0.25) is 0 Å². The van der Waals surface area contributed by atoms with E-state index < -0.39 is 5.60 Å². The highest BCUT2D eigenvalue weighted by Gasteiger charge is 2.21. The van der Waals surface area contributed by atoms with Crippen molar-refractivity contribution in [2.45, 2.75) is 38.2 Å². The molecule has 1 unspecified atom stereocenters. The maximum absolute atomic E-state index is 9.94. The molecule has 0 aliphatic rings. The Labute approximate surface area is 111 Å². The van der Waals surface area contributed by atoms with E-state index in [-0.39, 0.29) is 0 Å². The molecule has 0 fully saturated rings. The van der Waals surface area contributed by atoms with Crippen molar-refractivity contribution in [3.8, 4) is 0 Å². The van der Waals surface area contributed by atoms with Crippen molar-refractivity contribution in [1.82, 2.24) is 0 Å². The van der Waals surface area contributed by atoms with Crippen LogP contribution in [0.4, 0.5) is 0 Å². The van der Waals surface area contributed by atoms with Gasteiger partial charge in [0.2, 0.25) is 0 Å². The third-order valence-electron chi connectivity index (χ3n) is 2.98. The van der Waals surface area contributed by atoms with E-state index in [1.807, 2.05) is 6.92 Å². The van der Waals surface area contributed by atoms with Gasteiger partial charge in [0, 0.05) is 33.5 Å². The Morgan fingerprint density at radius 2 is 1.61 bits per heavy atom. The van der Waals surface area contributed by atoms with E-state index in [9.17, 15) is 5.11 Å². The molecule has 0 aromatic carbocycles. The minimum atomic E-state index is -0.716. The largest absolute Gasteiger partial charge is 0.389 e. The van der Waals surface area contributed by atoms with Crippen LogP contribution in [-0.2, 0) is 14.2 Å². The second-order valence-electron chi connectivity index (χ2n) is 4.46. The van der Waals surface area contributed by atoms with Gasteiger partial charge in [0.05, 0.1) is 18.8 Å². The molecule has 0 aliphatic carbocycles. The fraction of sp³-hybridized carbons (Fsp3) is 1.00. The van der Waals surface area contributed by atoms with Crippen molar-refractivity contribution in [2.75, 3.05) is 46.7 Å². The van der Waals surface area contributed by atoms with Gasteiger partial charge in [0.1, 0.15) is 0 Å². The first-order valence-electron chi connectivity index (χ1n) is 6.75. The summed E-state index contributed by atoms with van der Waals surface area (Å²) in [5.41, 5.74) is 4.80. The zero-order valence-corrected chi connectivity index (χ0v) is 11.8. The number of ether oxygens (including phenoxy) is 3. The summed E-state index contributed by atoms with van der Waals surface area (Å²) in [5.74, 6) is 0. The molecule has 0 aliphatic heterocycles. The molecule has 0 saturated carbocycles. The number of aliphatic hydroxyl groups is 1. The van der Waals surface area contributed by atoms with E-state index >= 15 is 0 Å². The lowest BCUT2D eigenvalue weighted by Crippen LogP contribution is -2.37. The number of rotatable bonds is 13. The van der Waals surface area contributed by atoms with Crippen LogP contribution in [-0.4, -0.2) is 57.4 Å².